The van der Waals surface area contributed by atoms with Gasteiger partial charge in [-0.2, -0.15) is 18.6 Å². The van der Waals surface area contributed by atoms with Gasteiger partial charge in [0.15, 0.2) is 9.84 Å². The molecule has 2 N–H and O–H groups in total. The number of hydrogen-bond donors (Lipinski definition) is 2. The van der Waals surface area contributed by atoms with Gasteiger partial charge in [-0.25, -0.2) is 8.42 Å². The zero-order chi connectivity index (χ0) is 22.2. The highest BCUT2D eigenvalue weighted by molar-refractivity contribution is 7.91. The van der Waals surface area contributed by atoms with Gasteiger partial charge in [0.25, 0.3) is 10.1 Å². The van der Waals surface area contributed by atoms with Crippen LogP contribution in [0, 0.1) is 0 Å². The van der Waals surface area contributed by atoms with Crippen LogP contribution in [-0.4, -0.2) is 57.7 Å². The largest absolute Gasteiger partial charge is 0.395 e. The second-order valence-corrected chi connectivity index (χ2v) is 10.2. The third kappa shape index (κ3) is 7.48. The van der Waals surface area contributed by atoms with Crippen molar-refractivity contribution in [3.63, 3.8) is 0 Å². The Balaban J connectivity index is 2.01. The van der Waals surface area contributed by atoms with Crippen LogP contribution >= 0.6 is 0 Å². The van der Waals surface area contributed by atoms with Crippen molar-refractivity contribution < 1.29 is 26.5 Å². The molecule has 164 valence electrons. The molecule has 9 nitrogen and oxygen atoms in total. The Morgan fingerprint density at radius 3 is 1.87 bits per heavy atom. The SMILES string of the molecule is CCN(CCCS(=O)(=O)O)c1ccc(N=Nc2ccc(S(=O)(=O)CCO)cc2)cc1. The van der Waals surface area contributed by atoms with E-state index in [1.165, 1.54) is 24.3 Å². The lowest BCUT2D eigenvalue weighted by Crippen LogP contribution is -2.25. The van der Waals surface area contributed by atoms with E-state index >= 15 is 0 Å². The molecule has 0 atom stereocenters. The molecule has 2 aromatic carbocycles. The zero-order valence-corrected chi connectivity index (χ0v) is 18.2. The highest BCUT2D eigenvalue weighted by atomic mass is 32.2. The van der Waals surface area contributed by atoms with Crippen molar-refractivity contribution in [2.75, 3.05) is 36.1 Å². The first-order chi connectivity index (χ1) is 14.1. The van der Waals surface area contributed by atoms with Gasteiger partial charge in [-0.3, -0.25) is 4.55 Å². The molecular weight excluding hydrogens is 430 g/mol. The molecule has 0 amide bonds. The first kappa shape index (κ1) is 23.9. The molecule has 2 aromatic rings. The highest BCUT2D eigenvalue weighted by Gasteiger charge is 2.13. The standard InChI is InChI=1S/C19H25N3O6S2/c1-2-22(12-3-14-30(26,27)28)18-8-4-16(5-9-18)20-21-17-6-10-19(11-7-17)29(24,25)15-13-23/h4-11,23H,2-3,12-15H2,1H3,(H,26,27,28). The molecule has 0 heterocycles. The quantitative estimate of drug-likeness (QED) is 0.392. The molecule has 0 saturated heterocycles. The van der Waals surface area contributed by atoms with E-state index in [1.54, 1.807) is 12.1 Å². The van der Waals surface area contributed by atoms with Crippen molar-refractivity contribution in [2.24, 2.45) is 10.2 Å². The minimum atomic E-state index is -3.96. The lowest BCUT2D eigenvalue weighted by molar-refractivity contribution is 0.319. The van der Waals surface area contributed by atoms with Crippen molar-refractivity contribution in [1.82, 2.24) is 0 Å². The summed E-state index contributed by atoms with van der Waals surface area (Å²) < 4.78 is 54.3. The van der Waals surface area contributed by atoms with E-state index in [4.69, 9.17) is 9.66 Å². The number of hydrogen-bond acceptors (Lipinski definition) is 8. The van der Waals surface area contributed by atoms with Crippen LogP contribution in [0.2, 0.25) is 0 Å². The Labute approximate surface area is 176 Å². The summed E-state index contributed by atoms with van der Waals surface area (Å²) in [6, 6.07) is 13.1. The fraction of sp³-hybridized carbons (Fsp3) is 0.368. The van der Waals surface area contributed by atoms with Gasteiger partial charge in [-0.05, 0) is 61.9 Å². The third-order valence-corrected chi connectivity index (χ3v) is 6.78. The topological polar surface area (TPSA) is 137 Å². The highest BCUT2D eigenvalue weighted by Crippen LogP contribution is 2.23. The van der Waals surface area contributed by atoms with E-state index in [0.717, 1.165) is 5.69 Å². The second kappa shape index (κ2) is 10.6. The van der Waals surface area contributed by atoms with E-state index in [0.29, 0.717) is 30.9 Å². The second-order valence-electron chi connectivity index (χ2n) is 6.47. The molecule has 0 unspecified atom stereocenters. The van der Waals surface area contributed by atoms with Gasteiger partial charge in [-0.1, -0.05) is 0 Å². The Morgan fingerprint density at radius 1 is 0.867 bits per heavy atom. The van der Waals surface area contributed by atoms with E-state index in [9.17, 15) is 16.8 Å². The lowest BCUT2D eigenvalue weighted by atomic mass is 10.2. The number of benzene rings is 2. The molecule has 0 aliphatic carbocycles. The van der Waals surface area contributed by atoms with Gasteiger partial charge < -0.3 is 10.0 Å². The number of anilines is 1. The van der Waals surface area contributed by atoms with Crippen LogP contribution in [0.25, 0.3) is 0 Å². The van der Waals surface area contributed by atoms with Crippen LogP contribution in [0.3, 0.4) is 0 Å². The first-order valence-electron chi connectivity index (χ1n) is 9.30. The number of azo groups is 1. The van der Waals surface area contributed by atoms with E-state index in [2.05, 4.69) is 10.2 Å². The summed E-state index contributed by atoms with van der Waals surface area (Å²) in [6.45, 7) is 2.68. The number of rotatable bonds is 11. The summed E-state index contributed by atoms with van der Waals surface area (Å²) in [5.74, 6) is -0.610. The minimum absolute atomic E-state index is 0.119. The van der Waals surface area contributed by atoms with Gasteiger partial charge in [0.2, 0.25) is 0 Å². The van der Waals surface area contributed by atoms with Crippen molar-refractivity contribution in [3.05, 3.63) is 48.5 Å². The van der Waals surface area contributed by atoms with Crippen LogP contribution in [0.15, 0.2) is 63.7 Å². The normalized spacial score (nSPS) is 12.4. The predicted octanol–water partition coefficient (Wildman–Crippen LogP) is 2.97. The molecule has 0 aliphatic heterocycles. The molecule has 0 bridgehead atoms. The van der Waals surface area contributed by atoms with Gasteiger partial charge in [0.05, 0.1) is 34.4 Å². The maximum atomic E-state index is 11.9. The maximum absolute atomic E-state index is 11.9. The molecule has 30 heavy (non-hydrogen) atoms. The maximum Gasteiger partial charge on any atom is 0.264 e. The van der Waals surface area contributed by atoms with Crippen molar-refractivity contribution in [2.45, 2.75) is 18.2 Å². The average molecular weight is 456 g/mol. The van der Waals surface area contributed by atoms with Crippen molar-refractivity contribution in [3.8, 4) is 0 Å². The Morgan fingerprint density at radius 2 is 1.40 bits per heavy atom. The van der Waals surface area contributed by atoms with E-state index < -0.39 is 26.6 Å². The van der Waals surface area contributed by atoms with Crippen LogP contribution in [0.1, 0.15) is 13.3 Å². The third-order valence-electron chi connectivity index (χ3n) is 4.26. The lowest BCUT2D eigenvalue weighted by Gasteiger charge is -2.22. The van der Waals surface area contributed by atoms with E-state index in [1.807, 2.05) is 24.0 Å². The monoisotopic (exact) mass is 455 g/mol. The summed E-state index contributed by atoms with van der Waals surface area (Å²) in [5.41, 5.74) is 1.98. The van der Waals surface area contributed by atoms with Gasteiger partial charge in [-0.15, -0.1) is 0 Å². The number of sulfone groups is 1. The first-order valence-corrected chi connectivity index (χ1v) is 12.6. The molecule has 0 aromatic heterocycles. The summed E-state index contributed by atoms with van der Waals surface area (Å²) in [4.78, 5) is 2.10. The molecule has 2 rings (SSSR count). The molecular formula is C19H25N3O6S2. The number of aliphatic hydroxyl groups is 1. The summed E-state index contributed by atoms with van der Waals surface area (Å²) in [6.07, 6.45) is 0.318. The molecule has 0 fully saturated rings. The molecule has 0 radical (unpaired) electrons. The smallest absolute Gasteiger partial charge is 0.264 e. The summed E-state index contributed by atoms with van der Waals surface area (Å²) in [7, 11) is -7.46. The zero-order valence-electron chi connectivity index (χ0n) is 16.5. The Hall–Kier alpha value is -2.34. The molecule has 0 spiro atoms. The number of aliphatic hydroxyl groups excluding tert-OH is 1. The van der Waals surface area contributed by atoms with Crippen molar-refractivity contribution >= 4 is 37.0 Å². The van der Waals surface area contributed by atoms with Crippen molar-refractivity contribution in [1.29, 1.82) is 0 Å². The van der Waals surface area contributed by atoms with Crippen LogP contribution in [0.4, 0.5) is 17.1 Å². The van der Waals surface area contributed by atoms with Gasteiger partial charge in [0, 0.05) is 18.8 Å². The average Bonchev–Trinajstić information content (AvgIpc) is 2.70. The minimum Gasteiger partial charge on any atom is -0.395 e. The Kier molecular flexibility index (Phi) is 8.47. The summed E-state index contributed by atoms with van der Waals surface area (Å²) >= 11 is 0. The fourth-order valence-electron chi connectivity index (χ4n) is 2.71. The van der Waals surface area contributed by atoms with Crippen LogP contribution in [0.5, 0.6) is 0 Å². The van der Waals surface area contributed by atoms with E-state index in [-0.39, 0.29) is 16.4 Å². The predicted molar refractivity (Wildman–Crippen MR) is 115 cm³/mol. The summed E-state index contributed by atoms with van der Waals surface area (Å²) in [5, 5.41) is 17.0. The fourth-order valence-corrected chi connectivity index (χ4v) is 4.23. The van der Waals surface area contributed by atoms with Crippen LogP contribution < -0.4 is 4.90 Å². The van der Waals surface area contributed by atoms with Crippen LogP contribution in [-0.2, 0) is 20.0 Å². The molecule has 0 saturated carbocycles. The molecule has 11 heteroatoms. The number of nitrogens with zero attached hydrogens (tertiary/aromatic N) is 3. The van der Waals surface area contributed by atoms with Gasteiger partial charge in [0.1, 0.15) is 0 Å². The van der Waals surface area contributed by atoms with Gasteiger partial charge >= 0.3 is 0 Å². The Bertz CT molecular complexity index is 1050. The molecule has 0 aliphatic rings.